The van der Waals surface area contributed by atoms with E-state index in [0.717, 1.165) is 31.6 Å². The Hall–Kier alpha value is -2.04. The molecule has 1 aromatic carbocycles. The first-order chi connectivity index (χ1) is 10.6. The van der Waals surface area contributed by atoms with E-state index in [1.807, 2.05) is 24.3 Å². The number of anilines is 2. The topological polar surface area (TPSA) is 60.9 Å². The summed E-state index contributed by atoms with van der Waals surface area (Å²) in [6.07, 6.45) is 4.29. The highest BCUT2D eigenvalue weighted by Crippen LogP contribution is 2.33. The molecular weight excluding hydrogens is 280 g/mol. The molecule has 0 bridgehead atoms. The molecule has 2 aliphatic rings. The Morgan fingerprint density at radius 3 is 2.32 bits per heavy atom. The summed E-state index contributed by atoms with van der Waals surface area (Å²) in [5, 5.41) is 8.89. The van der Waals surface area contributed by atoms with Gasteiger partial charge in [0, 0.05) is 36.9 Å². The minimum Gasteiger partial charge on any atom is -0.481 e. The van der Waals surface area contributed by atoms with E-state index < -0.39 is 5.97 Å². The molecule has 5 nitrogen and oxygen atoms in total. The molecule has 1 saturated heterocycles. The van der Waals surface area contributed by atoms with Crippen molar-refractivity contribution in [1.82, 2.24) is 0 Å². The number of carboxylic acid groups (broad SMARTS) is 1. The maximum Gasteiger partial charge on any atom is 0.305 e. The third-order valence-electron chi connectivity index (χ3n) is 4.37. The van der Waals surface area contributed by atoms with Gasteiger partial charge in [0.1, 0.15) is 0 Å². The fraction of sp³-hybridized carbons (Fsp3) is 0.529. The normalized spacial score (nSPS) is 17.5. The van der Waals surface area contributed by atoms with Crippen molar-refractivity contribution in [3.63, 3.8) is 0 Å². The number of hydrogen-bond donors (Lipinski definition) is 1. The van der Waals surface area contributed by atoms with Crippen LogP contribution in [0.25, 0.3) is 0 Å². The molecule has 1 heterocycles. The number of benzene rings is 1. The van der Waals surface area contributed by atoms with Crippen LogP contribution in [-0.4, -0.2) is 36.6 Å². The molecule has 0 unspecified atom stereocenters. The van der Waals surface area contributed by atoms with Crippen molar-refractivity contribution >= 4 is 23.3 Å². The molecule has 1 saturated carbocycles. The van der Waals surface area contributed by atoms with Crippen LogP contribution >= 0.6 is 0 Å². The molecule has 1 aliphatic heterocycles. The summed E-state index contributed by atoms with van der Waals surface area (Å²) in [5.41, 5.74) is 1.99. The summed E-state index contributed by atoms with van der Waals surface area (Å²) in [6, 6.07) is 7.95. The van der Waals surface area contributed by atoms with Gasteiger partial charge in [0.25, 0.3) is 0 Å². The SMILES string of the molecule is O=C(O)CCN(C(=O)C1CC1)c1ccc(N2CCCC2)cc1. The maximum atomic E-state index is 12.4. The first-order valence-electron chi connectivity index (χ1n) is 8.03. The molecule has 1 aromatic rings. The fourth-order valence-corrected chi connectivity index (χ4v) is 2.94. The van der Waals surface area contributed by atoms with Crippen LogP contribution in [0.3, 0.4) is 0 Å². The van der Waals surface area contributed by atoms with Crippen LogP contribution in [0.5, 0.6) is 0 Å². The highest BCUT2D eigenvalue weighted by atomic mass is 16.4. The third-order valence-corrected chi connectivity index (χ3v) is 4.37. The van der Waals surface area contributed by atoms with Crippen LogP contribution in [0, 0.1) is 5.92 Å². The number of nitrogens with zero attached hydrogens (tertiary/aromatic N) is 2. The number of rotatable bonds is 6. The lowest BCUT2D eigenvalue weighted by molar-refractivity contribution is -0.136. The second kappa shape index (κ2) is 6.38. The van der Waals surface area contributed by atoms with Gasteiger partial charge in [-0.1, -0.05) is 0 Å². The fourth-order valence-electron chi connectivity index (χ4n) is 2.94. The van der Waals surface area contributed by atoms with Crippen LogP contribution in [-0.2, 0) is 9.59 Å². The van der Waals surface area contributed by atoms with E-state index >= 15 is 0 Å². The van der Waals surface area contributed by atoms with Gasteiger partial charge in [0.05, 0.1) is 6.42 Å². The number of carboxylic acids is 1. The van der Waals surface area contributed by atoms with Gasteiger partial charge in [-0.25, -0.2) is 0 Å². The van der Waals surface area contributed by atoms with Gasteiger partial charge < -0.3 is 14.9 Å². The molecular formula is C17H22N2O3. The van der Waals surface area contributed by atoms with Gasteiger partial charge in [-0.3, -0.25) is 9.59 Å². The van der Waals surface area contributed by atoms with E-state index in [4.69, 9.17) is 5.11 Å². The molecule has 3 rings (SSSR count). The lowest BCUT2D eigenvalue weighted by atomic mass is 10.2. The monoisotopic (exact) mass is 302 g/mol. The minimum atomic E-state index is -0.873. The Labute approximate surface area is 130 Å². The van der Waals surface area contributed by atoms with Crippen molar-refractivity contribution in [2.24, 2.45) is 5.92 Å². The standard InChI is InChI=1S/C17H22N2O3/c20-16(21)9-12-19(17(22)13-3-4-13)15-7-5-14(6-8-15)18-10-1-2-11-18/h5-8,13H,1-4,9-12H2,(H,20,21). The van der Waals surface area contributed by atoms with E-state index in [0.29, 0.717) is 0 Å². The van der Waals surface area contributed by atoms with Gasteiger partial charge in [0.15, 0.2) is 0 Å². The Morgan fingerprint density at radius 1 is 1.14 bits per heavy atom. The first-order valence-corrected chi connectivity index (χ1v) is 8.03. The summed E-state index contributed by atoms with van der Waals surface area (Å²) in [7, 11) is 0. The molecule has 0 spiro atoms. The van der Waals surface area contributed by atoms with Crippen LogP contribution in [0.4, 0.5) is 11.4 Å². The van der Waals surface area contributed by atoms with Crippen molar-refractivity contribution in [1.29, 1.82) is 0 Å². The van der Waals surface area contributed by atoms with Crippen molar-refractivity contribution in [2.75, 3.05) is 29.4 Å². The van der Waals surface area contributed by atoms with Gasteiger partial charge in [0.2, 0.25) is 5.91 Å². The number of aliphatic carboxylic acids is 1. The Morgan fingerprint density at radius 2 is 1.77 bits per heavy atom. The van der Waals surface area contributed by atoms with E-state index in [2.05, 4.69) is 4.90 Å². The van der Waals surface area contributed by atoms with Crippen LogP contribution in [0.15, 0.2) is 24.3 Å². The molecule has 2 fully saturated rings. The minimum absolute atomic E-state index is 0.0215. The quantitative estimate of drug-likeness (QED) is 0.877. The van der Waals surface area contributed by atoms with Gasteiger partial charge in [-0.2, -0.15) is 0 Å². The van der Waals surface area contributed by atoms with Crippen LogP contribution in [0.2, 0.25) is 0 Å². The average molecular weight is 302 g/mol. The number of hydrogen-bond acceptors (Lipinski definition) is 3. The molecule has 22 heavy (non-hydrogen) atoms. The Bertz CT molecular complexity index is 546. The van der Waals surface area contributed by atoms with E-state index in [1.165, 1.54) is 18.5 Å². The maximum absolute atomic E-state index is 12.4. The Balaban J connectivity index is 1.74. The van der Waals surface area contributed by atoms with Gasteiger partial charge in [-0.05, 0) is 49.9 Å². The summed E-state index contributed by atoms with van der Waals surface area (Å²) in [6.45, 7) is 2.42. The summed E-state index contributed by atoms with van der Waals surface area (Å²) in [5.74, 6) is -0.718. The van der Waals surface area contributed by atoms with E-state index in [1.54, 1.807) is 4.90 Å². The van der Waals surface area contributed by atoms with Gasteiger partial charge in [-0.15, -0.1) is 0 Å². The highest BCUT2D eigenvalue weighted by Gasteiger charge is 2.34. The van der Waals surface area contributed by atoms with E-state index in [9.17, 15) is 9.59 Å². The zero-order chi connectivity index (χ0) is 15.5. The molecule has 1 aliphatic carbocycles. The average Bonchev–Trinajstić information content (AvgIpc) is 3.22. The molecule has 5 heteroatoms. The second-order valence-corrected chi connectivity index (χ2v) is 6.12. The summed E-state index contributed by atoms with van der Waals surface area (Å²) < 4.78 is 0. The molecule has 0 atom stereocenters. The van der Waals surface area contributed by atoms with Crippen molar-refractivity contribution in [3.8, 4) is 0 Å². The highest BCUT2D eigenvalue weighted by molar-refractivity contribution is 5.97. The smallest absolute Gasteiger partial charge is 0.305 e. The Kier molecular flexibility index (Phi) is 4.32. The van der Waals surface area contributed by atoms with Crippen molar-refractivity contribution < 1.29 is 14.7 Å². The summed E-state index contributed by atoms with van der Waals surface area (Å²) in [4.78, 5) is 27.2. The molecule has 0 radical (unpaired) electrons. The lowest BCUT2D eigenvalue weighted by Crippen LogP contribution is -2.34. The largest absolute Gasteiger partial charge is 0.481 e. The number of carbonyl (C=O) groups is 2. The van der Waals surface area contributed by atoms with Crippen LogP contribution in [0.1, 0.15) is 32.1 Å². The number of carbonyl (C=O) groups excluding carboxylic acids is 1. The van der Waals surface area contributed by atoms with Crippen molar-refractivity contribution in [2.45, 2.75) is 32.1 Å². The van der Waals surface area contributed by atoms with Gasteiger partial charge >= 0.3 is 5.97 Å². The number of amides is 1. The van der Waals surface area contributed by atoms with Crippen molar-refractivity contribution in [3.05, 3.63) is 24.3 Å². The molecule has 0 aromatic heterocycles. The second-order valence-electron chi connectivity index (χ2n) is 6.12. The summed E-state index contributed by atoms with van der Waals surface area (Å²) >= 11 is 0. The van der Waals surface area contributed by atoms with E-state index in [-0.39, 0.29) is 24.8 Å². The van der Waals surface area contributed by atoms with Crippen LogP contribution < -0.4 is 9.80 Å². The lowest BCUT2D eigenvalue weighted by Gasteiger charge is -2.24. The predicted octanol–water partition coefficient (Wildman–Crippen LogP) is 2.50. The molecule has 118 valence electrons. The zero-order valence-electron chi connectivity index (χ0n) is 12.7. The first kappa shape index (κ1) is 14.9. The zero-order valence-corrected chi connectivity index (χ0v) is 12.7. The molecule has 1 amide bonds. The third kappa shape index (κ3) is 3.40. The predicted molar refractivity (Wildman–Crippen MR) is 85.2 cm³/mol. The molecule has 1 N–H and O–H groups in total.